The molecule has 1 aliphatic rings. The highest BCUT2D eigenvalue weighted by molar-refractivity contribution is 8.76. The third-order valence-corrected chi connectivity index (χ3v) is 9.53. The summed E-state index contributed by atoms with van der Waals surface area (Å²) in [6, 6.07) is 3.54. The quantitative estimate of drug-likeness (QED) is 0.139. The van der Waals surface area contributed by atoms with E-state index in [4.69, 9.17) is 19.3 Å². The van der Waals surface area contributed by atoms with Gasteiger partial charge in [-0.3, -0.25) is 9.79 Å². The standard InChI is InChI=1S/C23H27N3O8S4/c1-3-18(27)24-16(22(30)32-4-2)12-37-36-9-5-8-33-23(31)34-13-6-7-14-17(10-13)38-20(25-14)19-26-15(11-35-19)21(28)29/h6-7,10,15-16H,3-5,8-9,11-12H2,1-2H3,(H,24,27)(H,28,29)/t15-,16?/m1/s1. The number of thiazole rings is 1. The van der Waals surface area contributed by atoms with Gasteiger partial charge in [-0.15, -0.1) is 23.1 Å². The molecule has 1 aliphatic heterocycles. The summed E-state index contributed by atoms with van der Waals surface area (Å²) in [6.45, 7) is 3.83. The van der Waals surface area contributed by atoms with E-state index in [2.05, 4.69) is 15.3 Å². The molecule has 206 valence electrons. The van der Waals surface area contributed by atoms with E-state index < -0.39 is 30.2 Å². The van der Waals surface area contributed by atoms with E-state index in [1.54, 1.807) is 32.0 Å². The summed E-state index contributed by atoms with van der Waals surface area (Å²) in [6.07, 6.45) is 0.0350. The lowest BCUT2D eigenvalue weighted by Crippen LogP contribution is -2.43. The van der Waals surface area contributed by atoms with Crippen molar-refractivity contribution in [2.75, 3.05) is 30.5 Å². The first-order valence-corrected chi connectivity index (χ1v) is 16.0. The number of rotatable bonds is 14. The smallest absolute Gasteiger partial charge is 0.480 e. The molecule has 0 fully saturated rings. The number of carboxylic acids is 1. The lowest BCUT2D eigenvalue weighted by molar-refractivity contribution is -0.146. The number of carbonyl (C=O) groups excluding carboxylic acids is 3. The highest BCUT2D eigenvalue weighted by Crippen LogP contribution is 2.32. The molecule has 1 aromatic carbocycles. The summed E-state index contributed by atoms with van der Waals surface area (Å²) in [5.74, 6) is 0.0855. The number of hydrogen-bond acceptors (Lipinski definition) is 13. The Morgan fingerprint density at radius 2 is 2.03 bits per heavy atom. The van der Waals surface area contributed by atoms with Crippen molar-refractivity contribution in [2.45, 2.75) is 38.8 Å². The van der Waals surface area contributed by atoms with Crippen LogP contribution in [0.15, 0.2) is 23.2 Å². The number of carboxylic acid groups (broad SMARTS) is 1. The molecule has 15 heteroatoms. The van der Waals surface area contributed by atoms with Crippen molar-refractivity contribution in [1.29, 1.82) is 0 Å². The number of ether oxygens (including phenoxy) is 3. The first-order chi connectivity index (χ1) is 18.3. The Kier molecular flexibility index (Phi) is 12.0. The minimum atomic E-state index is -0.958. The van der Waals surface area contributed by atoms with Gasteiger partial charge in [0.1, 0.15) is 21.8 Å². The predicted octanol–water partition coefficient (Wildman–Crippen LogP) is 3.99. The van der Waals surface area contributed by atoms with Crippen LogP contribution in [0.1, 0.15) is 31.7 Å². The largest absolute Gasteiger partial charge is 0.513 e. The fraction of sp³-hybridized carbons (Fsp3) is 0.478. The minimum Gasteiger partial charge on any atom is -0.480 e. The van der Waals surface area contributed by atoms with Crippen molar-refractivity contribution in [1.82, 2.24) is 10.3 Å². The van der Waals surface area contributed by atoms with E-state index >= 15 is 0 Å². The van der Waals surface area contributed by atoms with Crippen LogP contribution in [0.3, 0.4) is 0 Å². The van der Waals surface area contributed by atoms with Crippen LogP contribution >= 0.6 is 44.7 Å². The molecule has 38 heavy (non-hydrogen) atoms. The Bertz CT molecular complexity index is 1190. The minimum absolute atomic E-state index is 0.162. The lowest BCUT2D eigenvalue weighted by atomic mass is 10.3. The van der Waals surface area contributed by atoms with E-state index in [1.165, 1.54) is 44.7 Å². The second-order valence-electron chi connectivity index (χ2n) is 7.63. The Hall–Kier alpha value is -2.49. The van der Waals surface area contributed by atoms with E-state index in [-0.39, 0.29) is 25.5 Å². The maximum absolute atomic E-state index is 12.1. The molecule has 2 heterocycles. The van der Waals surface area contributed by atoms with Crippen LogP contribution in [0.4, 0.5) is 4.79 Å². The van der Waals surface area contributed by atoms with Gasteiger partial charge in [-0.2, -0.15) is 0 Å². The van der Waals surface area contributed by atoms with Gasteiger partial charge in [-0.05, 0) is 25.5 Å². The van der Waals surface area contributed by atoms with Crippen LogP contribution in [0.5, 0.6) is 5.75 Å². The van der Waals surface area contributed by atoms with Gasteiger partial charge in [0, 0.05) is 29.7 Å². The molecule has 3 rings (SSSR count). The number of thioether (sulfide) groups is 1. The number of aromatic nitrogens is 1. The zero-order valence-electron chi connectivity index (χ0n) is 20.7. The molecule has 0 aliphatic carbocycles. The van der Waals surface area contributed by atoms with Gasteiger partial charge >= 0.3 is 18.1 Å². The van der Waals surface area contributed by atoms with Gasteiger partial charge in [0.25, 0.3) is 0 Å². The first-order valence-electron chi connectivity index (χ1n) is 11.7. The normalized spacial score (nSPS) is 15.5. The number of aliphatic imine (C=N–C) groups is 1. The van der Waals surface area contributed by atoms with Crippen molar-refractivity contribution >= 4 is 83.9 Å². The van der Waals surface area contributed by atoms with Crippen LogP contribution in [0.2, 0.25) is 0 Å². The number of esters is 1. The third-order valence-electron chi connectivity index (χ3n) is 4.82. The van der Waals surface area contributed by atoms with E-state index in [9.17, 15) is 19.2 Å². The molecule has 2 N–H and O–H groups in total. The topological polar surface area (TPSA) is 153 Å². The fourth-order valence-corrected chi connectivity index (χ4v) is 7.26. The van der Waals surface area contributed by atoms with Gasteiger partial charge in [0.15, 0.2) is 6.04 Å². The zero-order valence-corrected chi connectivity index (χ0v) is 23.9. The van der Waals surface area contributed by atoms with Gasteiger partial charge in [0.2, 0.25) is 5.91 Å². The molecular weight excluding hydrogens is 575 g/mol. The molecule has 2 atom stereocenters. The molecule has 0 bridgehead atoms. The van der Waals surface area contributed by atoms with Gasteiger partial charge in [-0.25, -0.2) is 19.4 Å². The van der Waals surface area contributed by atoms with Crippen LogP contribution < -0.4 is 10.1 Å². The predicted molar refractivity (Wildman–Crippen MR) is 150 cm³/mol. The first kappa shape index (κ1) is 30.1. The van der Waals surface area contributed by atoms with Crippen molar-refractivity contribution in [3.05, 3.63) is 23.2 Å². The number of hydrogen-bond donors (Lipinski definition) is 2. The molecule has 1 aromatic heterocycles. The summed E-state index contributed by atoms with van der Waals surface area (Å²) in [5.41, 5.74) is 0.696. The number of nitrogens with zero attached hydrogens (tertiary/aromatic N) is 2. The summed E-state index contributed by atoms with van der Waals surface area (Å²) in [5, 5.41) is 13.0. The van der Waals surface area contributed by atoms with Gasteiger partial charge < -0.3 is 24.6 Å². The van der Waals surface area contributed by atoms with E-state index in [0.717, 1.165) is 4.70 Å². The van der Waals surface area contributed by atoms with E-state index in [0.29, 0.717) is 45.0 Å². The third kappa shape index (κ3) is 9.06. The monoisotopic (exact) mass is 601 g/mol. The molecule has 1 unspecified atom stereocenters. The second-order valence-corrected chi connectivity index (χ2v) is 12.3. The number of benzene rings is 1. The molecule has 1 amide bonds. The number of nitrogens with one attached hydrogen (secondary N) is 1. The van der Waals surface area contributed by atoms with Crippen LogP contribution in [0, 0.1) is 0 Å². The Balaban J connectivity index is 1.38. The SMILES string of the molecule is CCOC(=O)C(CSSCCCOC(=O)Oc1ccc2nc(C3=N[C@@H](C(=O)O)CS3)sc2c1)NC(=O)CC. The molecule has 0 radical (unpaired) electrons. The zero-order chi connectivity index (χ0) is 27.5. The maximum atomic E-state index is 12.1. The fourth-order valence-electron chi connectivity index (χ4n) is 2.96. The maximum Gasteiger partial charge on any atom is 0.513 e. The summed E-state index contributed by atoms with van der Waals surface area (Å²) < 4.78 is 16.2. The highest BCUT2D eigenvalue weighted by atomic mass is 33.1. The average Bonchev–Trinajstić information content (AvgIpc) is 3.54. The van der Waals surface area contributed by atoms with Crippen LogP contribution in [0.25, 0.3) is 10.2 Å². The van der Waals surface area contributed by atoms with Crippen LogP contribution in [-0.4, -0.2) is 81.7 Å². The van der Waals surface area contributed by atoms with Crippen molar-refractivity contribution in [3.8, 4) is 5.75 Å². The summed E-state index contributed by atoms with van der Waals surface area (Å²) in [4.78, 5) is 55.5. The lowest BCUT2D eigenvalue weighted by Gasteiger charge is -2.16. The molecule has 2 aromatic rings. The number of aliphatic carboxylic acids is 1. The van der Waals surface area contributed by atoms with Crippen molar-refractivity contribution in [3.63, 3.8) is 0 Å². The van der Waals surface area contributed by atoms with Gasteiger partial charge in [0.05, 0.1) is 23.4 Å². The molecular formula is C23H27N3O8S4. The average molecular weight is 602 g/mol. The number of fused-ring (bicyclic) bond motifs is 1. The van der Waals surface area contributed by atoms with Crippen molar-refractivity contribution < 1.29 is 38.5 Å². The van der Waals surface area contributed by atoms with Crippen molar-refractivity contribution in [2.24, 2.45) is 4.99 Å². The number of amides is 1. The summed E-state index contributed by atoms with van der Waals surface area (Å²) in [7, 11) is 2.93. The number of carbonyl (C=O) groups is 4. The highest BCUT2D eigenvalue weighted by Gasteiger charge is 2.27. The summed E-state index contributed by atoms with van der Waals surface area (Å²) >= 11 is 2.70. The molecule has 11 nitrogen and oxygen atoms in total. The molecule has 0 spiro atoms. The van der Waals surface area contributed by atoms with Crippen LogP contribution in [-0.2, 0) is 23.9 Å². The second kappa shape index (κ2) is 15.2. The molecule has 0 saturated carbocycles. The Morgan fingerprint density at radius 3 is 2.74 bits per heavy atom. The Morgan fingerprint density at radius 1 is 1.21 bits per heavy atom. The Labute approximate surface area is 235 Å². The molecule has 0 saturated heterocycles. The van der Waals surface area contributed by atoms with Gasteiger partial charge in [-0.1, -0.05) is 28.5 Å². The van der Waals surface area contributed by atoms with E-state index in [1.807, 2.05) is 0 Å².